The number of amides is 1. The molecule has 0 aromatic heterocycles. The molecule has 1 rings (SSSR count). The van der Waals surface area contributed by atoms with E-state index in [9.17, 15) is 9.59 Å². The molecule has 1 aromatic rings. The van der Waals surface area contributed by atoms with Gasteiger partial charge in [-0.05, 0) is 44.9 Å². The lowest BCUT2D eigenvalue weighted by atomic mass is 10.0. The van der Waals surface area contributed by atoms with Gasteiger partial charge >= 0.3 is 0 Å². The van der Waals surface area contributed by atoms with Crippen LogP contribution in [0.15, 0.2) is 18.2 Å². The second kappa shape index (κ2) is 6.66. The number of rotatable bonds is 6. The maximum atomic E-state index is 12.0. The van der Waals surface area contributed by atoms with E-state index in [4.69, 9.17) is 5.11 Å². The predicted molar refractivity (Wildman–Crippen MR) is 78.8 cm³/mol. The number of Topliss-reactive ketones (excluding diaryl/α,β-unsaturated/α-hetero) is 1. The van der Waals surface area contributed by atoms with Gasteiger partial charge in [0, 0.05) is 18.4 Å². The van der Waals surface area contributed by atoms with Crippen LogP contribution < -0.4 is 5.32 Å². The van der Waals surface area contributed by atoms with Crippen LogP contribution in [-0.4, -0.2) is 28.9 Å². The summed E-state index contributed by atoms with van der Waals surface area (Å²) in [5.74, 6) is -0.258. The first-order valence-electron chi connectivity index (χ1n) is 6.77. The van der Waals surface area contributed by atoms with E-state index in [0.29, 0.717) is 5.56 Å². The first kappa shape index (κ1) is 16.4. The molecule has 0 fully saturated rings. The molecule has 4 heteroatoms. The predicted octanol–water partition coefficient (Wildman–Crippen LogP) is 2.15. The Bertz CT molecular complexity index is 506. The van der Waals surface area contributed by atoms with Gasteiger partial charge in [-0.25, -0.2) is 0 Å². The molecule has 0 unspecified atom stereocenters. The molecule has 0 atom stereocenters. The molecular formula is C16H23NO3. The molecule has 0 spiro atoms. The van der Waals surface area contributed by atoms with Crippen LogP contribution in [-0.2, 0) is 4.79 Å². The van der Waals surface area contributed by atoms with Crippen LogP contribution in [0.4, 0.5) is 0 Å². The maximum absolute atomic E-state index is 12.0. The van der Waals surface area contributed by atoms with E-state index in [1.165, 1.54) is 0 Å². The number of hydrogen-bond acceptors (Lipinski definition) is 3. The second-order valence-electron chi connectivity index (χ2n) is 5.81. The fourth-order valence-electron chi connectivity index (χ4n) is 1.77. The van der Waals surface area contributed by atoms with Gasteiger partial charge in [0.2, 0.25) is 5.91 Å². The van der Waals surface area contributed by atoms with Crippen LogP contribution in [0.3, 0.4) is 0 Å². The summed E-state index contributed by atoms with van der Waals surface area (Å²) in [4.78, 5) is 23.7. The SMILES string of the molecule is Cc1ccc(C(=O)CCC(=O)NC(C)(C)CO)cc1C. The fourth-order valence-corrected chi connectivity index (χ4v) is 1.77. The van der Waals surface area contributed by atoms with E-state index < -0.39 is 5.54 Å². The zero-order valence-electron chi connectivity index (χ0n) is 12.6. The number of benzene rings is 1. The van der Waals surface area contributed by atoms with Gasteiger partial charge in [-0.3, -0.25) is 9.59 Å². The minimum absolute atomic E-state index is 0.0370. The van der Waals surface area contributed by atoms with Crippen molar-refractivity contribution in [3.63, 3.8) is 0 Å². The first-order valence-corrected chi connectivity index (χ1v) is 6.77. The summed E-state index contributed by atoms with van der Waals surface area (Å²) in [7, 11) is 0. The molecule has 0 radical (unpaired) electrons. The van der Waals surface area contributed by atoms with Crippen molar-refractivity contribution in [2.75, 3.05) is 6.61 Å². The van der Waals surface area contributed by atoms with Crippen molar-refractivity contribution < 1.29 is 14.7 Å². The third-order valence-electron chi connectivity index (χ3n) is 3.28. The Morgan fingerprint density at radius 1 is 1.15 bits per heavy atom. The summed E-state index contributed by atoms with van der Waals surface area (Å²) in [5, 5.41) is 11.8. The van der Waals surface area contributed by atoms with Gasteiger partial charge in [-0.2, -0.15) is 0 Å². The van der Waals surface area contributed by atoms with Gasteiger partial charge in [0.15, 0.2) is 5.78 Å². The quantitative estimate of drug-likeness (QED) is 0.783. The van der Waals surface area contributed by atoms with Crippen molar-refractivity contribution in [1.82, 2.24) is 5.32 Å². The maximum Gasteiger partial charge on any atom is 0.220 e. The van der Waals surface area contributed by atoms with Gasteiger partial charge in [-0.15, -0.1) is 0 Å². The molecule has 110 valence electrons. The van der Waals surface area contributed by atoms with E-state index in [0.717, 1.165) is 11.1 Å². The van der Waals surface area contributed by atoms with E-state index in [-0.39, 0.29) is 31.1 Å². The molecule has 0 heterocycles. The van der Waals surface area contributed by atoms with Crippen molar-refractivity contribution >= 4 is 11.7 Å². The molecule has 1 aromatic carbocycles. The van der Waals surface area contributed by atoms with Crippen molar-refractivity contribution in [2.24, 2.45) is 0 Å². The summed E-state index contributed by atoms with van der Waals surface area (Å²) < 4.78 is 0. The van der Waals surface area contributed by atoms with Gasteiger partial charge < -0.3 is 10.4 Å². The van der Waals surface area contributed by atoms with Crippen LogP contribution in [0.2, 0.25) is 0 Å². The Kier molecular flexibility index (Phi) is 5.45. The molecule has 20 heavy (non-hydrogen) atoms. The molecular weight excluding hydrogens is 254 g/mol. The number of carbonyl (C=O) groups excluding carboxylic acids is 2. The van der Waals surface area contributed by atoms with Crippen LogP contribution in [0, 0.1) is 13.8 Å². The van der Waals surface area contributed by atoms with Crippen molar-refractivity contribution in [3.05, 3.63) is 34.9 Å². The standard InChI is InChI=1S/C16H23NO3/c1-11-5-6-13(9-12(11)2)14(19)7-8-15(20)17-16(3,4)10-18/h5-6,9,18H,7-8,10H2,1-4H3,(H,17,20). The summed E-state index contributed by atoms with van der Waals surface area (Å²) >= 11 is 0. The van der Waals surface area contributed by atoms with Crippen molar-refractivity contribution in [2.45, 2.75) is 46.1 Å². The smallest absolute Gasteiger partial charge is 0.220 e. The molecule has 2 N–H and O–H groups in total. The van der Waals surface area contributed by atoms with Gasteiger partial charge in [-0.1, -0.05) is 12.1 Å². The number of aliphatic hydroxyl groups is 1. The summed E-state index contributed by atoms with van der Waals surface area (Å²) in [6.45, 7) is 7.28. The average Bonchev–Trinajstić information content (AvgIpc) is 2.38. The first-order chi connectivity index (χ1) is 9.25. The number of aliphatic hydroxyl groups excluding tert-OH is 1. The zero-order chi connectivity index (χ0) is 15.3. The fraction of sp³-hybridized carbons (Fsp3) is 0.500. The third-order valence-corrected chi connectivity index (χ3v) is 3.28. The second-order valence-corrected chi connectivity index (χ2v) is 5.81. The number of aryl methyl sites for hydroxylation is 2. The van der Waals surface area contributed by atoms with Crippen molar-refractivity contribution in [3.8, 4) is 0 Å². The Labute approximate surface area is 120 Å². The lowest BCUT2D eigenvalue weighted by Gasteiger charge is -2.23. The highest BCUT2D eigenvalue weighted by molar-refractivity contribution is 5.98. The van der Waals surface area contributed by atoms with Gasteiger partial charge in [0.25, 0.3) is 0 Å². The number of nitrogens with one attached hydrogen (secondary N) is 1. The highest BCUT2D eigenvalue weighted by atomic mass is 16.3. The van der Waals surface area contributed by atoms with E-state index in [2.05, 4.69) is 5.32 Å². The molecule has 0 bridgehead atoms. The summed E-state index contributed by atoms with van der Waals surface area (Å²) in [5.41, 5.74) is 2.20. The minimum atomic E-state index is -0.652. The third kappa shape index (κ3) is 4.78. The highest BCUT2D eigenvalue weighted by Crippen LogP contribution is 2.12. The molecule has 0 aliphatic carbocycles. The minimum Gasteiger partial charge on any atom is -0.394 e. The van der Waals surface area contributed by atoms with Crippen LogP contribution in [0.1, 0.15) is 48.2 Å². The van der Waals surface area contributed by atoms with E-state index in [1.807, 2.05) is 26.0 Å². The van der Waals surface area contributed by atoms with Crippen LogP contribution in [0.5, 0.6) is 0 Å². The zero-order valence-corrected chi connectivity index (χ0v) is 12.6. The van der Waals surface area contributed by atoms with Gasteiger partial charge in [0.1, 0.15) is 0 Å². The summed E-state index contributed by atoms with van der Waals surface area (Å²) in [6, 6.07) is 5.56. The lowest BCUT2D eigenvalue weighted by Crippen LogP contribution is -2.46. The Balaban J connectivity index is 2.55. The molecule has 0 saturated carbocycles. The summed E-state index contributed by atoms with van der Waals surface area (Å²) in [6.07, 6.45) is 0.311. The van der Waals surface area contributed by atoms with Crippen molar-refractivity contribution in [1.29, 1.82) is 0 Å². The Hall–Kier alpha value is -1.68. The van der Waals surface area contributed by atoms with E-state index >= 15 is 0 Å². The normalized spacial score (nSPS) is 11.2. The van der Waals surface area contributed by atoms with Crippen LogP contribution in [0.25, 0.3) is 0 Å². The topological polar surface area (TPSA) is 66.4 Å². The molecule has 0 aliphatic rings. The Morgan fingerprint density at radius 2 is 1.80 bits per heavy atom. The average molecular weight is 277 g/mol. The lowest BCUT2D eigenvalue weighted by molar-refractivity contribution is -0.123. The molecule has 1 amide bonds. The number of ketones is 1. The Morgan fingerprint density at radius 3 is 2.35 bits per heavy atom. The highest BCUT2D eigenvalue weighted by Gasteiger charge is 2.19. The number of hydrogen-bond donors (Lipinski definition) is 2. The molecule has 0 saturated heterocycles. The number of carbonyl (C=O) groups is 2. The largest absolute Gasteiger partial charge is 0.394 e. The van der Waals surface area contributed by atoms with Gasteiger partial charge in [0.05, 0.1) is 12.1 Å². The molecule has 0 aliphatic heterocycles. The molecule has 4 nitrogen and oxygen atoms in total. The van der Waals surface area contributed by atoms with E-state index in [1.54, 1.807) is 19.9 Å². The van der Waals surface area contributed by atoms with Crippen LogP contribution >= 0.6 is 0 Å². The monoisotopic (exact) mass is 277 g/mol.